The van der Waals surface area contributed by atoms with Gasteiger partial charge in [0, 0.05) is 12.0 Å². The molecule has 0 aromatic heterocycles. The molecule has 1 rings (SSSR count). The van der Waals surface area contributed by atoms with Gasteiger partial charge in [-0.25, -0.2) is 4.39 Å². The molecule has 0 atom stereocenters. The maximum atomic E-state index is 12.8. The van der Waals surface area contributed by atoms with Gasteiger partial charge in [0.25, 0.3) is 0 Å². The minimum absolute atomic E-state index is 0.0161. The Bertz CT molecular complexity index is 284. The Morgan fingerprint density at radius 3 is 2.58 bits per heavy atom. The zero-order chi connectivity index (χ0) is 9.14. The van der Waals surface area contributed by atoms with Gasteiger partial charge >= 0.3 is 0 Å². The maximum absolute atomic E-state index is 12.8. The van der Waals surface area contributed by atoms with Crippen LogP contribution in [0.2, 0.25) is 0 Å². The van der Waals surface area contributed by atoms with E-state index >= 15 is 0 Å². The maximum Gasteiger partial charge on any atom is 0.162 e. The molecule has 0 aliphatic rings. The molecule has 0 unspecified atom stereocenters. The van der Waals surface area contributed by atoms with Crippen molar-refractivity contribution >= 4 is 5.78 Å². The lowest BCUT2D eigenvalue weighted by Gasteiger charge is -1.99. The number of Topliss-reactive ketones (excluding diaryl/α,β-unsaturated/α-hetero) is 1. The lowest BCUT2D eigenvalue weighted by atomic mass is 10.1. The van der Waals surface area contributed by atoms with Crippen LogP contribution in [-0.4, -0.2) is 5.78 Å². The highest BCUT2D eigenvalue weighted by atomic mass is 19.1. The Kier molecular flexibility index (Phi) is 2.58. The van der Waals surface area contributed by atoms with E-state index in [-0.39, 0.29) is 11.6 Å². The van der Waals surface area contributed by atoms with Crippen molar-refractivity contribution < 1.29 is 9.18 Å². The van der Waals surface area contributed by atoms with Crippen LogP contribution in [0, 0.1) is 12.7 Å². The predicted molar refractivity (Wildman–Crippen MR) is 45.8 cm³/mol. The summed E-state index contributed by atoms with van der Waals surface area (Å²) in [6, 6.07) is 4.39. The molecule has 0 saturated heterocycles. The van der Waals surface area contributed by atoms with Crippen LogP contribution in [0.1, 0.15) is 29.3 Å². The van der Waals surface area contributed by atoms with Gasteiger partial charge in [0.1, 0.15) is 5.82 Å². The highest BCUT2D eigenvalue weighted by molar-refractivity contribution is 5.95. The fraction of sp³-hybridized carbons (Fsp3) is 0.300. The molecule has 2 heteroatoms. The van der Waals surface area contributed by atoms with Gasteiger partial charge in [-0.3, -0.25) is 4.79 Å². The van der Waals surface area contributed by atoms with Crippen LogP contribution in [-0.2, 0) is 0 Å². The molecule has 64 valence electrons. The topological polar surface area (TPSA) is 17.1 Å². The van der Waals surface area contributed by atoms with Gasteiger partial charge in [0.05, 0.1) is 0 Å². The van der Waals surface area contributed by atoms with Crippen LogP contribution in [0.25, 0.3) is 0 Å². The highest BCUT2D eigenvalue weighted by Gasteiger charge is 2.04. The first-order valence-electron chi connectivity index (χ1n) is 3.94. The summed E-state index contributed by atoms with van der Waals surface area (Å²) in [5, 5.41) is 0. The third kappa shape index (κ3) is 1.91. The number of benzene rings is 1. The van der Waals surface area contributed by atoms with Crippen LogP contribution < -0.4 is 0 Å². The summed E-state index contributed by atoms with van der Waals surface area (Å²) in [6.45, 7) is 3.54. The van der Waals surface area contributed by atoms with E-state index in [1.807, 2.05) is 0 Å². The largest absolute Gasteiger partial charge is 0.294 e. The van der Waals surface area contributed by atoms with Crippen molar-refractivity contribution in [1.29, 1.82) is 0 Å². The Morgan fingerprint density at radius 2 is 2.08 bits per heavy atom. The first-order chi connectivity index (χ1) is 5.63. The summed E-state index contributed by atoms with van der Waals surface area (Å²) in [5.74, 6) is -0.357. The average molecular weight is 166 g/mol. The van der Waals surface area contributed by atoms with E-state index in [1.165, 1.54) is 12.1 Å². The molecular formula is C10H11FO. The van der Waals surface area contributed by atoms with Gasteiger partial charge in [-0.15, -0.1) is 0 Å². The zero-order valence-corrected chi connectivity index (χ0v) is 7.23. The first kappa shape index (κ1) is 8.91. The number of rotatable bonds is 2. The summed E-state index contributed by atoms with van der Waals surface area (Å²) < 4.78 is 12.8. The molecule has 0 aliphatic carbocycles. The minimum Gasteiger partial charge on any atom is -0.294 e. The molecule has 0 aliphatic heterocycles. The van der Waals surface area contributed by atoms with Crippen LogP contribution in [0.15, 0.2) is 18.2 Å². The third-order valence-electron chi connectivity index (χ3n) is 1.69. The summed E-state index contributed by atoms with van der Waals surface area (Å²) >= 11 is 0. The SMILES string of the molecule is CCC(=O)c1cc(C)cc(F)c1. The van der Waals surface area contributed by atoms with Gasteiger partial charge < -0.3 is 0 Å². The van der Waals surface area contributed by atoms with E-state index in [0.29, 0.717) is 12.0 Å². The number of halogens is 1. The molecule has 1 aromatic rings. The second-order valence-corrected chi connectivity index (χ2v) is 2.79. The van der Waals surface area contributed by atoms with Crippen molar-refractivity contribution in [3.05, 3.63) is 35.1 Å². The highest BCUT2D eigenvalue weighted by Crippen LogP contribution is 2.09. The number of hydrogen-bond donors (Lipinski definition) is 0. The van der Waals surface area contributed by atoms with E-state index in [9.17, 15) is 9.18 Å². The molecule has 0 amide bonds. The monoisotopic (exact) mass is 166 g/mol. The number of carbonyl (C=O) groups excluding carboxylic acids is 1. The van der Waals surface area contributed by atoms with Gasteiger partial charge in [-0.05, 0) is 30.7 Å². The summed E-state index contributed by atoms with van der Waals surface area (Å²) in [6.07, 6.45) is 0.420. The van der Waals surface area contributed by atoms with Gasteiger partial charge in [-0.2, -0.15) is 0 Å². The average Bonchev–Trinajstić information content (AvgIpc) is 2.01. The molecule has 0 radical (unpaired) electrons. The molecule has 0 saturated carbocycles. The van der Waals surface area contributed by atoms with Crippen LogP contribution in [0.5, 0.6) is 0 Å². The van der Waals surface area contributed by atoms with E-state index in [2.05, 4.69) is 0 Å². The second-order valence-electron chi connectivity index (χ2n) is 2.79. The molecule has 1 nitrogen and oxygen atoms in total. The number of aryl methyl sites for hydroxylation is 1. The van der Waals surface area contributed by atoms with E-state index in [0.717, 1.165) is 5.56 Å². The molecule has 0 fully saturated rings. The smallest absolute Gasteiger partial charge is 0.162 e. The quantitative estimate of drug-likeness (QED) is 0.617. The second kappa shape index (κ2) is 3.48. The van der Waals surface area contributed by atoms with Crippen LogP contribution >= 0.6 is 0 Å². The van der Waals surface area contributed by atoms with Crippen molar-refractivity contribution in [2.24, 2.45) is 0 Å². The van der Waals surface area contributed by atoms with Crippen molar-refractivity contribution in [3.63, 3.8) is 0 Å². The lowest BCUT2D eigenvalue weighted by molar-refractivity contribution is 0.0987. The van der Waals surface area contributed by atoms with Gasteiger partial charge in [0.2, 0.25) is 0 Å². The van der Waals surface area contributed by atoms with Crippen LogP contribution in [0.4, 0.5) is 4.39 Å². The normalized spacial score (nSPS) is 9.92. The van der Waals surface area contributed by atoms with Crippen molar-refractivity contribution in [2.45, 2.75) is 20.3 Å². The van der Waals surface area contributed by atoms with E-state index in [1.54, 1.807) is 19.9 Å². The van der Waals surface area contributed by atoms with E-state index < -0.39 is 0 Å². The molecular weight excluding hydrogens is 155 g/mol. The number of carbonyl (C=O) groups is 1. The lowest BCUT2D eigenvalue weighted by Crippen LogP contribution is -1.97. The van der Waals surface area contributed by atoms with Gasteiger partial charge in [0.15, 0.2) is 5.78 Å². The zero-order valence-electron chi connectivity index (χ0n) is 7.23. The molecule has 0 N–H and O–H groups in total. The predicted octanol–water partition coefficient (Wildman–Crippen LogP) is 2.73. The number of hydrogen-bond acceptors (Lipinski definition) is 1. The summed E-state index contributed by atoms with van der Waals surface area (Å²) in [7, 11) is 0. The summed E-state index contributed by atoms with van der Waals surface area (Å²) in [5.41, 5.74) is 1.25. The fourth-order valence-corrected chi connectivity index (χ4v) is 1.10. The Morgan fingerprint density at radius 1 is 1.42 bits per heavy atom. The van der Waals surface area contributed by atoms with Crippen molar-refractivity contribution in [3.8, 4) is 0 Å². The third-order valence-corrected chi connectivity index (χ3v) is 1.69. The van der Waals surface area contributed by atoms with Crippen molar-refractivity contribution in [2.75, 3.05) is 0 Å². The molecule has 0 heterocycles. The fourth-order valence-electron chi connectivity index (χ4n) is 1.10. The summed E-state index contributed by atoms with van der Waals surface area (Å²) in [4.78, 5) is 11.2. The Labute approximate surface area is 71.2 Å². The molecule has 0 spiro atoms. The molecule has 1 aromatic carbocycles. The minimum atomic E-state index is -0.341. The molecule has 0 bridgehead atoms. The Hall–Kier alpha value is -1.18. The van der Waals surface area contributed by atoms with Gasteiger partial charge in [-0.1, -0.05) is 6.92 Å². The van der Waals surface area contributed by atoms with Crippen LogP contribution in [0.3, 0.4) is 0 Å². The standard InChI is InChI=1S/C10H11FO/c1-3-10(12)8-4-7(2)5-9(11)6-8/h4-6H,3H2,1-2H3. The first-order valence-corrected chi connectivity index (χ1v) is 3.94. The molecule has 12 heavy (non-hydrogen) atoms. The Balaban J connectivity index is 3.08. The van der Waals surface area contributed by atoms with E-state index in [4.69, 9.17) is 0 Å². The number of ketones is 1. The van der Waals surface area contributed by atoms with Crippen molar-refractivity contribution in [1.82, 2.24) is 0 Å².